The Kier molecular flexibility index (Phi) is 5.83. The molecule has 144 valence electrons. The van der Waals surface area contributed by atoms with Crippen LogP contribution in [0.5, 0.6) is 0 Å². The van der Waals surface area contributed by atoms with Gasteiger partial charge >= 0.3 is 0 Å². The zero-order valence-corrected chi connectivity index (χ0v) is 15.8. The van der Waals surface area contributed by atoms with Gasteiger partial charge in [0.05, 0.1) is 24.1 Å². The van der Waals surface area contributed by atoms with Gasteiger partial charge in [-0.3, -0.25) is 9.59 Å². The fourth-order valence-corrected chi connectivity index (χ4v) is 4.48. The number of hydrogen-bond acceptors (Lipinski definition) is 5. The molecule has 1 atom stereocenters. The van der Waals surface area contributed by atoms with E-state index >= 15 is 0 Å². The van der Waals surface area contributed by atoms with E-state index in [1.165, 1.54) is 30.5 Å². The van der Waals surface area contributed by atoms with E-state index in [-0.39, 0.29) is 31.0 Å². The third kappa shape index (κ3) is 4.49. The van der Waals surface area contributed by atoms with Crippen molar-refractivity contribution >= 4 is 33.4 Å². The van der Waals surface area contributed by atoms with Crippen LogP contribution in [-0.4, -0.2) is 43.7 Å². The Morgan fingerprint density at radius 1 is 1.30 bits per heavy atom. The van der Waals surface area contributed by atoms with Gasteiger partial charge in [-0.1, -0.05) is 11.6 Å². The summed E-state index contributed by atoms with van der Waals surface area (Å²) in [4.78, 5) is 24.5. The molecule has 10 heteroatoms. The third-order valence-electron chi connectivity index (χ3n) is 4.12. The van der Waals surface area contributed by atoms with Crippen molar-refractivity contribution in [2.75, 3.05) is 13.1 Å². The molecule has 1 aromatic heterocycles. The molecule has 0 spiro atoms. The van der Waals surface area contributed by atoms with E-state index in [1.54, 1.807) is 12.1 Å². The van der Waals surface area contributed by atoms with Gasteiger partial charge in [-0.05, 0) is 36.4 Å². The second kappa shape index (κ2) is 8.12. The molecular formula is C17H18ClN3O5S. The molecule has 1 aliphatic heterocycles. The lowest BCUT2D eigenvalue weighted by molar-refractivity contribution is -0.131. The molecule has 8 nitrogen and oxygen atoms in total. The minimum Gasteiger partial charge on any atom is -0.467 e. The van der Waals surface area contributed by atoms with Crippen LogP contribution in [0.4, 0.5) is 0 Å². The normalized spacial score (nSPS) is 18.1. The first-order valence-electron chi connectivity index (χ1n) is 8.22. The lowest BCUT2D eigenvalue weighted by atomic mass is 10.1. The number of nitrogens with one attached hydrogen (secondary N) is 2. The molecule has 1 saturated heterocycles. The fourth-order valence-electron chi connectivity index (χ4n) is 2.76. The number of halogens is 1. The van der Waals surface area contributed by atoms with E-state index in [1.807, 2.05) is 0 Å². The molecule has 1 fully saturated rings. The van der Waals surface area contributed by atoms with Gasteiger partial charge in [0.2, 0.25) is 21.8 Å². The topological polar surface area (TPSA) is 109 Å². The summed E-state index contributed by atoms with van der Waals surface area (Å²) in [7, 11) is -3.95. The highest BCUT2D eigenvalue weighted by atomic mass is 35.5. The van der Waals surface area contributed by atoms with Crippen molar-refractivity contribution in [1.82, 2.24) is 14.9 Å². The largest absolute Gasteiger partial charge is 0.467 e. The van der Waals surface area contributed by atoms with Crippen molar-refractivity contribution in [3.63, 3.8) is 0 Å². The first-order chi connectivity index (χ1) is 12.9. The Labute approximate surface area is 161 Å². The van der Waals surface area contributed by atoms with Crippen LogP contribution in [-0.2, 0) is 26.2 Å². The number of carbonyl (C=O) groups excluding carboxylic acids is 2. The molecule has 2 aromatic rings. The van der Waals surface area contributed by atoms with Gasteiger partial charge in [0.25, 0.3) is 0 Å². The Hall–Kier alpha value is -2.36. The van der Waals surface area contributed by atoms with Gasteiger partial charge in [-0.2, -0.15) is 4.31 Å². The number of amides is 2. The molecule has 2 N–H and O–H groups in total. The summed E-state index contributed by atoms with van der Waals surface area (Å²) in [5.74, 6) is -0.404. The maximum atomic E-state index is 12.9. The Morgan fingerprint density at radius 2 is 2.04 bits per heavy atom. The lowest BCUT2D eigenvalue weighted by Gasteiger charge is -2.33. The fraction of sp³-hybridized carbons (Fsp3) is 0.294. The highest BCUT2D eigenvalue weighted by molar-refractivity contribution is 7.89. The van der Waals surface area contributed by atoms with Crippen LogP contribution < -0.4 is 10.6 Å². The molecular weight excluding hydrogens is 394 g/mol. The molecule has 1 aromatic carbocycles. The maximum Gasteiger partial charge on any atom is 0.243 e. The van der Waals surface area contributed by atoms with Crippen LogP contribution >= 0.6 is 11.6 Å². The van der Waals surface area contributed by atoms with Crippen molar-refractivity contribution in [2.24, 2.45) is 0 Å². The third-order valence-corrected chi connectivity index (χ3v) is 6.29. The van der Waals surface area contributed by atoms with Crippen molar-refractivity contribution in [3.05, 3.63) is 53.4 Å². The number of sulfonamides is 1. The van der Waals surface area contributed by atoms with Crippen molar-refractivity contribution in [3.8, 4) is 0 Å². The van der Waals surface area contributed by atoms with Gasteiger partial charge in [-0.25, -0.2) is 8.42 Å². The highest BCUT2D eigenvalue weighted by Crippen LogP contribution is 2.23. The molecule has 1 aliphatic rings. The number of furan rings is 1. The van der Waals surface area contributed by atoms with Crippen molar-refractivity contribution in [2.45, 2.75) is 23.9 Å². The standard InChI is InChI=1S/C17H18ClN3O5S/c18-12-3-5-14(6-4-12)27(24,25)21-8-7-19-17(23)15(21)10-16(22)20-11-13-2-1-9-26-13/h1-6,9,15H,7-8,10-11H2,(H,19,23)(H,20,22)/t15-/m1/s1. The predicted molar refractivity (Wildman–Crippen MR) is 97.3 cm³/mol. The van der Waals surface area contributed by atoms with Crippen LogP contribution in [0.3, 0.4) is 0 Å². The first kappa shape index (κ1) is 19.4. The van der Waals surface area contributed by atoms with E-state index in [0.717, 1.165) is 4.31 Å². The molecule has 2 heterocycles. The highest BCUT2D eigenvalue weighted by Gasteiger charge is 2.39. The molecule has 0 unspecified atom stereocenters. The number of nitrogens with zero attached hydrogens (tertiary/aromatic N) is 1. The molecule has 0 bridgehead atoms. The predicted octanol–water partition coefficient (Wildman–Crippen LogP) is 1.13. The number of carbonyl (C=O) groups is 2. The van der Waals surface area contributed by atoms with Crippen molar-refractivity contribution in [1.29, 1.82) is 0 Å². The van der Waals surface area contributed by atoms with E-state index in [9.17, 15) is 18.0 Å². The van der Waals surface area contributed by atoms with Crippen LogP contribution in [0.2, 0.25) is 5.02 Å². The summed E-state index contributed by atoms with van der Waals surface area (Å²) in [6.07, 6.45) is 1.19. The summed E-state index contributed by atoms with van der Waals surface area (Å²) < 4.78 is 32.1. The summed E-state index contributed by atoms with van der Waals surface area (Å²) in [5, 5.41) is 5.63. The summed E-state index contributed by atoms with van der Waals surface area (Å²) >= 11 is 5.81. The second-order valence-electron chi connectivity index (χ2n) is 5.94. The molecule has 0 radical (unpaired) electrons. The number of benzene rings is 1. The summed E-state index contributed by atoms with van der Waals surface area (Å²) in [6.45, 7) is 0.410. The minimum absolute atomic E-state index is 0.0163. The molecule has 3 rings (SSSR count). The van der Waals surface area contributed by atoms with Crippen LogP contribution in [0.1, 0.15) is 12.2 Å². The van der Waals surface area contributed by atoms with Gasteiger partial charge in [0.1, 0.15) is 11.8 Å². The average molecular weight is 412 g/mol. The van der Waals surface area contributed by atoms with Crippen LogP contribution in [0.15, 0.2) is 52.0 Å². The zero-order chi connectivity index (χ0) is 19.4. The van der Waals surface area contributed by atoms with Gasteiger partial charge in [0.15, 0.2) is 0 Å². The Bertz CT molecular complexity index is 913. The monoisotopic (exact) mass is 411 g/mol. The second-order valence-corrected chi connectivity index (χ2v) is 8.26. The molecule has 0 saturated carbocycles. The summed E-state index contributed by atoms with van der Waals surface area (Å²) in [6, 6.07) is 7.93. The van der Waals surface area contributed by atoms with Crippen LogP contribution in [0.25, 0.3) is 0 Å². The Balaban J connectivity index is 1.75. The summed E-state index contributed by atoms with van der Waals surface area (Å²) in [5.41, 5.74) is 0. The Morgan fingerprint density at radius 3 is 2.70 bits per heavy atom. The van der Waals surface area contributed by atoms with Gasteiger partial charge < -0.3 is 15.1 Å². The smallest absolute Gasteiger partial charge is 0.243 e. The van der Waals surface area contributed by atoms with Crippen molar-refractivity contribution < 1.29 is 22.4 Å². The van der Waals surface area contributed by atoms with E-state index < -0.39 is 27.9 Å². The minimum atomic E-state index is -3.95. The van der Waals surface area contributed by atoms with E-state index in [0.29, 0.717) is 10.8 Å². The maximum absolute atomic E-state index is 12.9. The van der Waals surface area contributed by atoms with Gasteiger partial charge in [0, 0.05) is 18.1 Å². The molecule has 27 heavy (non-hydrogen) atoms. The molecule has 0 aliphatic carbocycles. The van der Waals surface area contributed by atoms with Crippen LogP contribution in [0, 0.1) is 0 Å². The van der Waals surface area contributed by atoms with E-state index in [2.05, 4.69) is 10.6 Å². The van der Waals surface area contributed by atoms with E-state index in [4.69, 9.17) is 16.0 Å². The number of rotatable bonds is 6. The number of hydrogen-bond donors (Lipinski definition) is 2. The lowest BCUT2D eigenvalue weighted by Crippen LogP contribution is -2.58. The average Bonchev–Trinajstić information content (AvgIpc) is 3.15. The SMILES string of the molecule is O=C(C[C@@H]1C(=O)NCCN1S(=O)(=O)c1ccc(Cl)cc1)NCc1ccco1. The van der Waals surface area contributed by atoms with Gasteiger partial charge in [-0.15, -0.1) is 0 Å². The molecule has 2 amide bonds. The zero-order valence-electron chi connectivity index (χ0n) is 14.2. The quantitative estimate of drug-likeness (QED) is 0.740. The first-order valence-corrected chi connectivity index (χ1v) is 10.0. The number of piperazine rings is 1.